The molecule has 1 aromatic rings. The Morgan fingerprint density at radius 2 is 2.30 bits per heavy atom. The van der Waals surface area contributed by atoms with E-state index >= 15 is 0 Å². The summed E-state index contributed by atoms with van der Waals surface area (Å²) in [6.45, 7) is 2.09. The molecule has 1 fully saturated rings. The molecule has 7 heteroatoms. The van der Waals surface area contributed by atoms with Crippen LogP contribution < -0.4 is 4.90 Å². The Kier molecular flexibility index (Phi) is 3.61. The predicted molar refractivity (Wildman–Crippen MR) is 70.3 cm³/mol. The molecule has 6 nitrogen and oxygen atoms in total. The van der Waals surface area contributed by atoms with Crippen molar-refractivity contribution in [3.05, 3.63) is 34.1 Å². The zero-order valence-electron chi connectivity index (χ0n) is 11.0. The standard InChI is InChI=1S/C13H15FN2O4/c1-2-13(12(17)18)7-4-8-15(13)10-6-3-5-9(14)11(10)16(19)20/h3,5-6H,2,4,7-8H2,1H3,(H,17,18). The summed E-state index contributed by atoms with van der Waals surface area (Å²) < 4.78 is 13.7. The molecular formula is C13H15FN2O4. The third-order valence-electron chi connectivity index (χ3n) is 3.91. The molecule has 0 saturated carbocycles. The van der Waals surface area contributed by atoms with Crippen LogP contribution >= 0.6 is 0 Å². The molecule has 1 saturated heterocycles. The maximum atomic E-state index is 13.7. The smallest absolute Gasteiger partial charge is 0.329 e. The van der Waals surface area contributed by atoms with Crippen molar-refractivity contribution in [2.45, 2.75) is 31.7 Å². The summed E-state index contributed by atoms with van der Waals surface area (Å²) in [6, 6.07) is 3.77. The molecule has 1 aromatic carbocycles. The Morgan fingerprint density at radius 1 is 1.60 bits per heavy atom. The van der Waals surface area contributed by atoms with Crippen LogP contribution in [-0.4, -0.2) is 28.1 Å². The molecule has 0 aromatic heterocycles. The second-order valence-corrected chi connectivity index (χ2v) is 4.81. The molecule has 2 rings (SSSR count). The molecule has 1 heterocycles. The largest absolute Gasteiger partial charge is 0.479 e. The van der Waals surface area contributed by atoms with Crippen molar-refractivity contribution in [1.82, 2.24) is 0 Å². The van der Waals surface area contributed by atoms with Crippen LogP contribution in [-0.2, 0) is 4.79 Å². The number of aliphatic carboxylic acids is 1. The molecule has 1 aliphatic heterocycles. The normalized spacial score (nSPS) is 22.0. The van der Waals surface area contributed by atoms with Crippen LogP contribution in [0, 0.1) is 15.9 Å². The quantitative estimate of drug-likeness (QED) is 0.677. The molecular weight excluding hydrogens is 267 g/mol. The molecule has 20 heavy (non-hydrogen) atoms. The van der Waals surface area contributed by atoms with E-state index in [1.165, 1.54) is 17.0 Å². The summed E-state index contributed by atoms with van der Waals surface area (Å²) in [5, 5.41) is 20.5. The summed E-state index contributed by atoms with van der Waals surface area (Å²) in [5.41, 5.74) is -1.82. The van der Waals surface area contributed by atoms with E-state index in [0.29, 0.717) is 25.8 Å². The average Bonchev–Trinajstić information content (AvgIpc) is 2.82. The third kappa shape index (κ3) is 1.99. The van der Waals surface area contributed by atoms with Gasteiger partial charge in [0.05, 0.1) is 4.92 Å². The van der Waals surface area contributed by atoms with E-state index in [4.69, 9.17) is 0 Å². The van der Waals surface area contributed by atoms with Crippen LogP contribution in [0.25, 0.3) is 0 Å². The zero-order chi connectivity index (χ0) is 14.9. The van der Waals surface area contributed by atoms with Crippen LogP contribution in [0.5, 0.6) is 0 Å². The first kappa shape index (κ1) is 14.2. The molecule has 0 radical (unpaired) electrons. The first-order valence-corrected chi connectivity index (χ1v) is 6.38. The van der Waals surface area contributed by atoms with E-state index in [1.54, 1.807) is 6.92 Å². The molecule has 1 unspecified atom stereocenters. The van der Waals surface area contributed by atoms with Crippen LogP contribution in [0.3, 0.4) is 0 Å². The minimum atomic E-state index is -1.20. The Bertz CT molecular complexity index is 563. The van der Waals surface area contributed by atoms with E-state index in [0.717, 1.165) is 6.07 Å². The number of carboxylic acids is 1. The number of para-hydroxylation sites is 1. The lowest BCUT2D eigenvalue weighted by Gasteiger charge is -2.35. The maximum absolute atomic E-state index is 13.7. The highest BCUT2D eigenvalue weighted by Crippen LogP contribution is 2.41. The molecule has 0 bridgehead atoms. The monoisotopic (exact) mass is 282 g/mol. The Balaban J connectivity index is 2.59. The van der Waals surface area contributed by atoms with Gasteiger partial charge in [0.1, 0.15) is 11.2 Å². The van der Waals surface area contributed by atoms with Crippen molar-refractivity contribution < 1.29 is 19.2 Å². The topological polar surface area (TPSA) is 83.7 Å². The van der Waals surface area contributed by atoms with Crippen molar-refractivity contribution in [1.29, 1.82) is 0 Å². The number of carbonyl (C=O) groups is 1. The Morgan fingerprint density at radius 3 is 2.85 bits per heavy atom. The SMILES string of the molecule is CCC1(C(=O)O)CCCN1c1cccc(F)c1[N+](=O)[O-]. The van der Waals surface area contributed by atoms with Crippen molar-refractivity contribution in [2.75, 3.05) is 11.4 Å². The molecule has 0 spiro atoms. The number of benzene rings is 1. The van der Waals surface area contributed by atoms with Crippen LogP contribution in [0.4, 0.5) is 15.8 Å². The number of halogens is 1. The minimum absolute atomic E-state index is 0.0387. The van der Waals surface area contributed by atoms with Crippen molar-refractivity contribution in [2.24, 2.45) is 0 Å². The van der Waals surface area contributed by atoms with E-state index < -0.39 is 27.9 Å². The summed E-state index contributed by atoms with van der Waals surface area (Å²) >= 11 is 0. The molecule has 1 aliphatic rings. The first-order chi connectivity index (χ1) is 9.44. The van der Waals surface area contributed by atoms with E-state index in [-0.39, 0.29) is 5.69 Å². The fourth-order valence-corrected chi connectivity index (χ4v) is 2.87. The third-order valence-corrected chi connectivity index (χ3v) is 3.91. The summed E-state index contributed by atoms with van der Waals surface area (Å²) in [4.78, 5) is 23.3. The van der Waals surface area contributed by atoms with Gasteiger partial charge in [-0.25, -0.2) is 4.79 Å². The van der Waals surface area contributed by atoms with Gasteiger partial charge in [-0.15, -0.1) is 0 Å². The predicted octanol–water partition coefficient (Wildman–Crippen LogP) is 2.57. The van der Waals surface area contributed by atoms with Gasteiger partial charge in [-0.05, 0) is 31.4 Å². The van der Waals surface area contributed by atoms with Gasteiger partial charge in [-0.2, -0.15) is 4.39 Å². The summed E-state index contributed by atoms with van der Waals surface area (Å²) in [6.07, 6.45) is 1.30. The lowest BCUT2D eigenvalue weighted by atomic mass is 9.92. The summed E-state index contributed by atoms with van der Waals surface area (Å²) in [5.74, 6) is -1.98. The maximum Gasteiger partial charge on any atom is 0.329 e. The first-order valence-electron chi connectivity index (χ1n) is 6.38. The second kappa shape index (κ2) is 5.07. The van der Waals surface area contributed by atoms with Gasteiger partial charge in [0, 0.05) is 6.54 Å². The van der Waals surface area contributed by atoms with E-state index in [2.05, 4.69) is 0 Å². The number of anilines is 1. The van der Waals surface area contributed by atoms with Gasteiger partial charge in [0.15, 0.2) is 0 Å². The van der Waals surface area contributed by atoms with Gasteiger partial charge in [-0.3, -0.25) is 10.1 Å². The average molecular weight is 282 g/mol. The number of rotatable bonds is 4. The van der Waals surface area contributed by atoms with Gasteiger partial charge in [-0.1, -0.05) is 13.0 Å². The summed E-state index contributed by atoms with van der Waals surface area (Å²) in [7, 11) is 0. The highest BCUT2D eigenvalue weighted by atomic mass is 19.1. The number of hydrogen-bond donors (Lipinski definition) is 1. The van der Waals surface area contributed by atoms with Gasteiger partial charge in [0.2, 0.25) is 5.82 Å². The second-order valence-electron chi connectivity index (χ2n) is 4.81. The number of nitro groups is 1. The van der Waals surface area contributed by atoms with Crippen molar-refractivity contribution >= 4 is 17.3 Å². The number of hydrogen-bond acceptors (Lipinski definition) is 4. The fourth-order valence-electron chi connectivity index (χ4n) is 2.87. The molecule has 108 valence electrons. The number of carboxylic acid groups (broad SMARTS) is 1. The van der Waals surface area contributed by atoms with Crippen molar-refractivity contribution in [3.8, 4) is 0 Å². The Labute approximate surface area is 115 Å². The molecule has 1 atom stereocenters. The van der Waals surface area contributed by atoms with Gasteiger partial charge in [0.25, 0.3) is 0 Å². The minimum Gasteiger partial charge on any atom is -0.479 e. The molecule has 0 aliphatic carbocycles. The van der Waals surface area contributed by atoms with Crippen LogP contribution in [0.15, 0.2) is 18.2 Å². The lowest BCUT2D eigenvalue weighted by Crippen LogP contribution is -2.50. The number of nitro benzene ring substituents is 1. The zero-order valence-corrected chi connectivity index (χ0v) is 11.0. The van der Waals surface area contributed by atoms with Crippen LogP contribution in [0.2, 0.25) is 0 Å². The fraction of sp³-hybridized carbons (Fsp3) is 0.462. The Hall–Kier alpha value is -2.18. The highest BCUT2D eigenvalue weighted by molar-refractivity contribution is 5.86. The van der Waals surface area contributed by atoms with Crippen LogP contribution in [0.1, 0.15) is 26.2 Å². The highest BCUT2D eigenvalue weighted by Gasteiger charge is 2.48. The van der Waals surface area contributed by atoms with Gasteiger partial charge < -0.3 is 10.0 Å². The van der Waals surface area contributed by atoms with Crippen molar-refractivity contribution in [3.63, 3.8) is 0 Å². The molecule has 1 N–H and O–H groups in total. The number of nitrogens with zero attached hydrogens (tertiary/aromatic N) is 2. The van der Waals surface area contributed by atoms with Gasteiger partial charge >= 0.3 is 11.7 Å². The molecule has 0 amide bonds. The van der Waals surface area contributed by atoms with E-state index in [9.17, 15) is 24.4 Å². The lowest BCUT2D eigenvalue weighted by molar-refractivity contribution is -0.386. The van der Waals surface area contributed by atoms with E-state index in [1.807, 2.05) is 0 Å².